The molecule has 1 aromatic carbocycles. The normalized spacial score (nSPS) is 19.1. The van der Waals surface area contributed by atoms with Gasteiger partial charge in [-0.1, -0.05) is 45.0 Å². The van der Waals surface area contributed by atoms with Gasteiger partial charge < -0.3 is 25.4 Å². The fraction of sp³-hybridized carbons (Fsp3) is 0.417. The molecule has 1 aromatic heterocycles. The number of benzene rings is 1. The molecule has 10 heteroatoms. The Morgan fingerprint density at radius 1 is 1.18 bits per heavy atom. The number of aliphatic carboxylic acids is 1. The standard InChI is InChI=1S/C24H28N4O6/c1-13(2)19(27-22(32)20-17-7-5-4-6-15(17)8-9-25-20)24(34)28-11-14(3)21(28)23(33)26-16(12-29)10-18(30)31/h4-9,12-14,16,19,21H,10-11H2,1-3H3,(H,26,33)(H,27,32)(H,30,31)/t14?,16-,19-,21-/m0/s1. The Bertz CT molecular complexity index is 1110. The molecular weight excluding hydrogens is 440 g/mol. The molecule has 4 atom stereocenters. The summed E-state index contributed by atoms with van der Waals surface area (Å²) >= 11 is 0. The van der Waals surface area contributed by atoms with E-state index in [0.29, 0.717) is 18.2 Å². The fourth-order valence-electron chi connectivity index (χ4n) is 4.11. The summed E-state index contributed by atoms with van der Waals surface area (Å²) in [6.45, 7) is 5.65. The van der Waals surface area contributed by atoms with Gasteiger partial charge >= 0.3 is 5.97 Å². The lowest BCUT2D eigenvalue weighted by atomic mass is 9.87. The van der Waals surface area contributed by atoms with E-state index in [1.165, 1.54) is 11.1 Å². The van der Waals surface area contributed by atoms with E-state index >= 15 is 0 Å². The summed E-state index contributed by atoms with van der Waals surface area (Å²) < 4.78 is 0. The number of hydrogen-bond acceptors (Lipinski definition) is 6. The maximum Gasteiger partial charge on any atom is 0.305 e. The summed E-state index contributed by atoms with van der Waals surface area (Å²) in [5, 5.41) is 15.5. The molecule has 1 unspecified atom stereocenters. The van der Waals surface area contributed by atoms with Gasteiger partial charge in [0.05, 0.1) is 12.5 Å². The largest absolute Gasteiger partial charge is 0.481 e. The number of carboxylic acids is 1. The van der Waals surface area contributed by atoms with Crippen LogP contribution in [-0.2, 0) is 19.2 Å². The first-order valence-electron chi connectivity index (χ1n) is 11.1. The number of carbonyl (C=O) groups is 5. The zero-order valence-corrected chi connectivity index (χ0v) is 19.2. The van der Waals surface area contributed by atoms with Crippen LogP contribution in [0, 0.1) is 11.8 Å². The van der Waals surface area contributed by atoms with Crippen LogP contribution < -0.4 is 10.6 Å². The molecule has 180 valence electrons. The second kappa shape index (κ2) is 10.4. The number of hydrogen-bond donors (Lipinski definition) is 3. The number of pyridine rings is 1. The van der Waals surface area contributed by atoms with Crippen LogP contribution in [0.25, 0.3) is 10.8 Å². The zero-order valence-electron chi connectivity index (χ0n) is 19.2. The van der Waals surface area contributed by atoms with Gasteiger partial charge in [0.2, 0.25) is 11.8 Å². The maximum absolute atomic E-state index is 13.3. The van der Waals surface area contributed by atoms with Crippen molar-refractivity contribution in [3.8, 4) is 0 Å². The van der Waals surface area contributed by atoms with Gasteiger partial charge in [0.15, 0.2) is 0 Å². The van der Waals surface area contributed by atoms with Gasteiger partial charge in [-0.25, -0.2) is 0 Å². The summed E-state index contributed by atoms with van der Waals surface area (Å²) in [5.74, 6) is -3.22. The van der Waals surface area contributed by atoms with Crippen molar-refractivity contribution >= 4 is 40.7 Å². The quantitative estimate of drug-likeness (QED) is 0.465. The second-order valence-electron chi connectivity index (χ2n) is 8.84. The average Bonchev–Trinajstić information content (AvgIpc) is 2.78. The highest BCUT2D eigenvalue weighted by Gasteiger charge is 2.46. The molecule has 0 saturated carbocycles. The lowest BCUT2D eigenvalue weighted by Gasteiger charge is -2.47. The van der Waals surface area contributed by atoms with Crippen molar-refractivity contribution in [2.45, 2.75) is 45.3 Å². The van der Waals surface area contributed by atoms with Crippen LogP contribution in [0.1, 0.15) is 37.7 Å². The number of fused-ring (bicyclic) bond motifs is 1. The number of aromatic nitrogens is 1. The Hall–Kier alpha value is -3.82. The molecule has 2 aromatic rings. The molecule has 1 fully saturated rings. The molecular formula is C24H28N4O6. The van der Waals surface area contributed by atoms with Crippen LogP contribution in [0.15, 0.2) is 36.5 Å². The molecule has 3 rings (SSSR count). The van der Waals surface area contributed by atoms with E-state index in [2.05, 4.69) is 15.6 Å². The van der Waals surface area contributed by atoms with Crippen LogP contribution >= 0.6 is 0 Å². The van der Waals surface area contributed by atoms with Crippen molar-refractivity contribution < 1.29 is 29.1 Å². The first-order chi connectivity index (χ1) is 16.1. The molecule has 1 saturated heterocycles. The SMILES string of the molecule is CC(C)[C@H](NC(=O)c1nccc2ccccc12)C(=O)N1CC(C)[C@H]1C(=O)N[C@H](C=O)CC(=O)O. The first-order valence-corrected chi connectivity index (χ1v) is 11.1. The van der Waals surface area contributed by atoms with Crippen molar-refractivity contribution in [2.24, 2.45) is 11.8 Å². The fourth-order valence-corrected chi connectivity index (χ4v) is 4.11. The Balaban J connectivity index is 1.76. The molecule has 3 N–H and O–H groups in total. The molecule has 10 nitrogen and oxygen atoms in total. The highest BCUT2D eigenvalue weighted by molar-refractivity contribution is 6.06. The van der Waals surface area contributed by atoms with E-state index in [9.17, 15) is 24.0 Å². The minimum absolute atomic E-state index is 0.190. The predicted octanol–water partition coefficient (Wildman–Crippen LogP) is 0.995. The number of carboxylic acid groups (broad SMARTS) is 1. The lowest BCUT2D eigenvalue weighted by Crippen LogP contribution is -2.68. The molecule has 1 aliphatic rings. The van der Waals surface area contributed by atoms with Gasteiger partial charge in [0.25, 0.3) is 5.91 Å². The third kappa shape index (κ3) is 5.22. The number of nitrogens with zero attached hydrogens (tertiary/aromatic N) is 2. The first kappa shape index (κ1) is 24.8. The number of likely N-dealkylation sites (tertiary alicyclic amines) is 1. The van der Waals surface area contributed by atoms with E-state index in [-0.39, 0.29) is 17.5 Å². The Morgan fingerprint density at radius 3 is 2.50 bits per heavy atom. The topological polar surface area (TPSA) is 146 Å². The van der Waals surface area contributed by atoms with Gasteiger partial charge in [0, 0.05) is 24.0 Å². The number of rotatable bonds is 9. The summed E-state index contributed by atoms with van der Waals surface area (Å²) in [7, 11) is 0. The van der Waals surface area contributed by atoms with Crippen molar-refractivity contribution in [1.29, 1.82) is 0 Å². The average molecular weight is 469 g/mol. The Morgan fingerprint density at radius 2 is 1.88 bits per heavy atom. The van der Waals surface area contributed by atoms with Crippen molar-refractivity contribution in [1.82, 2.24) is 20.5 Å². The Kier molecular flexibility index (Phi) is 7.60. The van der Waals surface area contributed by atoms with E-state index in [0.717, 1.165) is 5.39 Å². The monoisotopic (exact) mass is 468 g/mol. The van der Waals surface area contributed by atoms with Crippen molar-refractivity contribution in [2.75, 3.05) is 6.54 Å². The number of amides is 3. The third-order valence-corrected chi connectivity index (χ3v) is 5.91. The van der Waals surface area contributed by atoms with Crippen molar-refractivity contribution in [3.63, 3.8) is 0 Å². The van der Waals surface area contributed by atoms with Crippen LogP contribution in [0.3, 0.4) is 0 Å². The molecule has 0 bridgehead atoms. The zero-order chi connectivity index (χ0) is 25.0. The minimum atomic E-state index is -1.23. The summed E-state index contributed by atoms with van der Waals surface area (Å²) in [6, 6.07) is 6.13. The third-order valence-electron chi connectivity index (χ3n) is 5.91. The molecule has 2 heterocycles. The van der Waals surface area contributed by atoms with Gasteiger partial charge in [-0.3, -0.25) is 24.2 Å². The van der Waals surface area contributed by atoms with Crippen LogP contribution in [-0.4, -0.2) is 69.6 Å². The van der Waals surface area contributed by atoms with E-state index < -0.39 is 48.2 Å². The van der Waals surface area contributed by atoms with E-state index in [4.69, 9.17) is 5.11 Å². The summed E-state index contributed by atoms with van der Waals surface area (Å²) in [6.07, 6.45) is 1.34. The summed E-state index contributed by atoms with van der Waals surface area (Å²) in [5.41, 5.74) is 0.199. The highest BCUT2D eigenvalue weighted by atomic mass is 16.4. The molecule has 0 spiro atoms. The number of carbonyl (C=O) groups excluding carboxylic acids is 4. The van der Waals surface area contributed by atoms with E-state index in [1.54, 1.807) is 39.0 Å². The second-order valence-corrected chi connectivity index (χ2v) is 8.84. The van der Waals surface area contributed by atoms with Gasteiger partial charge in [-0.15, -0.1) is 0 Å². The van der Waals surface area contributed by atoms with Crippen LogP contribution in [0.2, 0.25) is 0 Å². The van der Waals surface area contributed by atoms with Gasteiger partial charge in [0.1, 0.15) is 24.1 Å². The predicted molar refractivity (Wildman–Crippen MR) is 123 cm³/mol. The summed E-state index contributed by atoms with van der Waals surface area (Å²) in [4.78, 5) is 66.7. The lowest BCUT2D eigenvalue weighted by molar-refractivity contribution is -0.155. The molecule has 34 heavy (non-hydrogen) atoms. The molecule has 0 aliphatic carbocycles. The molecule has 1 aliphatic heterocycles. The van der Waals surface area contributed by atoms with Gasteiger partial charge in [-0.05, 0) is 17.4 Å². The minimum Gasteiger partial charge on any atom is -0.481 e. The number of aldehydes is 1. The van der Waals surface area contributed by atoms with E-state index in [1.807, 2.05) is 12.1 Å². The van der Waals surface area contributed by atoms with Gasteiger partial charge in [-0.2, -0.15) is 0 Å². The molecule has 3 amide bonds. The smallest absolute Gasteiger partial charge is 0.305 e. The highest BCUT2D eigenvalue weighted by Crippen LogP contribution is 2.27. The van der Waals surface area contributed by atoms with Crippen LogP contribution in [0.4, 0.5) is 0 Å². The Labute approximate surface area is 196 Å². The maximum atomic E-state index is 13.3. The van der Waals surface area contributed by atoms with Crippen LogP contribution in [0.5, 0.6) is 0 Å². The molecule has 0 radical (unpaired) electrons. The number of nitrogens with one attached hydrogen (secondary N) is 2. The van der Waals surface area contributed by atoms with Crippen molar-refractivity contribution in [3.05, 3.63) is 42.2 Å².